The number of rotatable bonds is 8. The second-order valence-corrected chi connectivity index (χ2v) is 6.87. The van der Waals surface area contributed by atoms with Crippen LogP contribution in [0.25, 0.3) is 0 Å². The van der Waals surface area contributed by atoms with Crippen molar-refractivity contribution < 1.29 is 14.5 Å². The Morgan fingerprint density at radius 3 is 2.61 bits per heavy atom. The summed E-state index contributed by atoms with van der Waals surface area (Å²) in [6.07, 6.45) is 1.37. The Morgan fingerprint density at radius 1 is 1.21 bits per heavy atom. The summed E-state index contributed by atoms with van der Waals surface area (Å²) in [5, 5.41) is 17.8. The van der Waals surface area contributed by atoms with Crippen LogP contribution in [0.5, 0.6) is 5.88 Å². The summed E-state index contributed by atoms with van der Waals surface area (Å²) in [6.45, 7) is 0.198. The molecular formula is C19H18N4O4S. The number of para-hydroxylation sites is 1. The minimum Gasteiger partial charge on any atom is -0.475 e. The number of hydrogen-bond donors (Lipinski definition) is 1. The monoisotopic (exact) mass is 398 g/mol. The molecule has 1 amide bonds. The van der Waals surface area contributed by atoms with Crippen LogP contribution in [0.15, 0.2) is 70.6 Å². The van der Waals surface area contributed by atoms with Gasteiger partial charge in [0.25, 0.3) is 0 Å². The predicted molar refractivity (Wildman–Crippen MR) is 106 cm³/mol. The number of aromatic nitrogens is 2. The van der Waals surface area contributed by atoms with Crippen LogP contribution in [-0.2, 0) is 11.3 Å². The summed E-state index contributed by atoms with van der Waals surface area (Å²) >= 11 is 1.56. The molecule has 0 saturated carbocycles. The van der Waals surface area contributed by atoms with E-state index in [1.54, 1.807) is 11.8 Å². The van der Waals surface area contributed by atoms with Crippen LogP contribution < -0.4 is 10.1 Å². The largest absolute Gasteiger partial charge is 0.475 e. The zero-order valence-electron chi connectivity index (χ0n) is 15.1. The maximum Gasteiger partial charge on any atom is 0.350 e. The standard InChI is InChI=1S/C19H18N4O4S/c1-27-19-16(23(25)26)13-22(21-19)12-11-18(24)20-15-9-5-6-10-17(15)28-14-7-3-2-4-8-14/h2-10,13H,11-12H2,1H3,(H,20,24). The second-order valence-electron chi connectivity index (χ2n) is 5.75. The van der Waals surface area contributed by atoms with E-state index in [0.29, 0.717) is 5.69 Å². The highest BCUT2D eigenvalue weighted by Gasteiger charge is 2.20. The SMILES string of the molecule is COc1nn(CCC(=O)Nc2ccccc2Sc2ccccc2)cc1[N+](=O)[O-]. The molecule has 3 aromatic rings. The molecule has 144 valence electrons. The van der Waals surface area contributed by atoms with E-state index in [-0.39, 0.29) is 30.4 Å². The van der Waals surface area contributed by atoms with Gasteiger partial charge in [-0.3, -0.25) is 19.6 Å². The Bertz CT molecular complexity index is 975. The normalized spacial score (nSPS) is 10.5. The first-order chi connectivity index (χ1) is 13.6. The van der Waals surface area contributed by atoms with Crippen molar-refractivity contribution in [3.05, 3.63) is 70.9 Å². The third kappa shape index (κ3) is 4.89. The van der Waals surface area contributed by atoms with Gasteiger partial charge in [-0.2, -0.15) is 0 Å². The molecule has 8 nitrogen and oxygen atoms in total. The van der Waals surface area contributed by atoms with E-state index in [1.807, 2.05) is 54.6 Å². The van der Waals surface area contributed by atoms with E-state index >= 15 is 0 Å². The van der Waals surface area contributed by atoms with Crippen molar-refractivity contribution in [1.82, 2.24) is 9.78 Å². The summed E-state index contributed by atoms with van der Waals surface area (Å²) in [7, 11) is 1.31. The number of nitrogens with one attached hydrogen (secondary N) is 1. The van der Waals surface area contributed by atoms with E-state index in [2.05, 4.69) is 10.4 Å². The number of carbonyl (C=O) groups excluding carboxylic acids is 1. The molecule has 28 heavy (non-hydrogen) atoms. The number of carbonyl (C=O) groups is 1. The number of nitro groups is 1. The predicted octanol–water partition coefficient (Wildman–Crippen LogP) is 3.98. The minimum absolute atomic E-state index is 0.0741. The Labute approximate surface area is 165 Å². The first kappa shape index (κ1) is 19.4. The average Bonchev–Trinajstić information content (AvgIpc) is 3.12. The average molecular weight is 398 g/mol. The van der Waals surface area contributed by atoms with Crippen molar-refractivity contribution in [2.45, 2.75) is 22.8 Å². The van der Waals surface area contributed by atoms with Crippen LogP contribution in [0.4, 0.5) is 11.4 Å². The number of hydrogen-bond acceptors (Lipinski definition) is 6. The Morgan fingerprint density at radius 2 is 1.93 bits per heavy atom. The molecule has 0 unspecified atom stereocenters. The fourth-order valence-corrected chi connectivity index (χ4v) is 3.40. The lowest BCUT2D eigenvalue weighted by Crippen LogP contribution is -2.15. The van der Waals surface area contributed by atoms with Crippen LogP contribution in [0.3, 0.4) is 0 Å². The summed E-state index contributed by atoms with van der Waals surface area (Å²) in [4.78, 5) is 24.7. The zero-order chi connectivity index (χ0) is 19.9. The Hall–Kier alpha value is -3.33. The van der Waals surface area contributed by atoms with Crippen molar-refractivity contribution in [1.29, 1.82) is 0 Å². The molecule has 1 heterocycles. The highest BCUT2D eigenvalue weighted by molar-refractivity contribution is 7.99. The molecule has 0 atom stereocenters. The van der Waals surface area contributed by atoms with Gasteiger partial charge in [0.1, 0.15) is 6.20 Å². The van der Waals surface area contributed by atoms with Crippen molar-refractivity contribution in [3.8, 4) is 5.88 Å². The number of nitrogens with zero attached hydrogens (tertiary/aromatic N) is 3. The lowest BCUT2D eigenvalue weighted by atomic mass is 10.3. The van der Waals surface area contributed by atoms with E-state index in [4.69, 9.17) is 4.74 Å². The molecule has 0 aliphatic rings. The van der Waals surface area contributed by atoms with Crippen molar-refractivity contribution in [3.63, 3.8) is 0 Å². The summed E-state index contributed by atoms with van der Waals surface area (Å²) in [5.41, 5.74) is 0.484. The van der Waals surface area contributed by atoms with Gasteiger partial charge in [0.2, 0.25) is 5.91 Å². The molecule has 9 heteroatoms. The molecule has 0 aliphatic carbocycles. The molecule has 0 radical (unpaired) electrons. The van der Waals surface area contributed by atoms with Gasteiger partial charge in [-0.25, -0.2) is 0 Å². The van der Waals surface area contributed by atoms with E-state index in [1.165, 1.54) is 18.0 Å². The number of amides is 1. The van der Waals surface area contributed by atoms with E-state index in [9.17, 15) is 14.9 Å². The van der Waals surface area contributed by atoms with E-state index in [0.717, 1.165) is 9.79 Å². The number of methoxy groups -OCH3 is 1. The fourth-order valence-electron chi connectivity index (χ4n) is 2.48. The smallest absolute Gasteiger partial charge is 0.350 e. The van der Waals surface area contributed by atoms with Gasteiger partial charge < -0.3 is 10.1 Å². The summed E-state index contributed by atoms with van der Waals surface area (Å²) in [5.74, 6) is -0.284. The van der Waals surface area contributed by atoms with Gasteiger partial charge in [-0.1, -0.05) is 42.1 Å². The fraction of sp³-hybridized carbons (Fsp3) is 0.158. The third-order valence-corrected chi connectivity index (χ3v) is 4.88. The third-order valence-electron chi connectivity index (χ3n) is 3.80. The summed E-state index contributed by atoms with van der Waals surface area (Å²) in [6, 6.07) is 17.4. The van der Waals surface area contributed by atoms with Crippen LogP contribution in [0, 0.1) is 10.1 Å². The molecule has 1 aromatic heterocycles. The first-order valence-corrected chi connectivity index (χ1v) is 9.26. The van der Waals surface area contributed by atoms with Gasteiger partial charge >= 0.3 is 11.6 Å². The lowest BCUT2D eigenvalue weighted by molar-refractivity contribution is -0.385. The van der Waals surface area contributed by atoms with Crippen molar-refractivity contribution >= 4 is 29.0 Å². The minimum atomic E-state index is -0.570. The maximum absolute atomic E-state index is 12.4. The zero-order valence-corrected chi connectivity index (χ0v) is 15.9. The van der Waals surface area contributed by atoms with Gasteiger partial charge in [0.15, 0.2) is 0 Å². The molecule has 0 fully saturated rings. The number of benzene rings is 2. The van der Waals surface area contributed by atoms with Gasteiger partial charge in [0.05, 0.1) is 24.3 Å². The molecule has 0 bridgehead atoms. The number of aryl methyl sites for hydroxylation is 1. The highest BCUT2D eigenvalue weighted by atomic mass is 32.2. The van der Waals surface area contributed by atoms with Gasteiger partial charge in [-0.15, -0.1) is 5.10 Å². The molecule has 1 N–H and O–H groups in total. The Kier molecular flexibility index (Phi) is 6.28. The van der Waals surface area contributed by atoms with E-state index < -0.39 is 4.92 Å². The molecule has 2 aromatic carbocycles. The molecule has 0 saturated heterocycles. The summed E-state index contributed by atoms with van der Waals surface area (Å²) < 4.78 is 6.22. The first-order valence-electron chi connectivity index (χ1n) is 8.44. The number of anilines is 1. The van der Waals surface area contributed by atoms with Crippen LogP contribution in [0.1, 0.15) is 6.42 Å². The van der Waals surface area contributed by atoms with Gasteiger partial charge in [0, 0.05) is 16.2 Å². The van der Waals surface area contributed by atoms with Crippen molar-refractivity contribution in [2.24, 2.45) is 0 Å². The molecule has 0 aliphatic heterocycles. The van der Waals surface area contributed by atoms with Crippen molar-refractivity contribution in [2.75, 3.05) is 12.4 Å². The van der Waals surface area contributed by atoms with Crippen LogP contribution in [0.2, 0.25) is 0 Å². The number of ether oxygens (including phenoxy) is 1. The lowest BCUT2D eigenvalue weighted by Gasteiger charge is -2.10. The Balaban J connectivity index is 1.63. The highest BCUT2D eigenvalue weighted by Crippen LogP contribution is 2.33. The maximum atomic E-state index is 12.4. The molecule has 3 rings (SSSR count). The second kappa shape index (κ2) is 9.05. The van der Waals surface area contributed by atoms with Gasteiger partial charge in [-0.05, 0) is 24.3 Å². The van der Waals surface area contributed by atoms with Crippen LogP contribution in [-0.4, -0.2) is 27.7 Å². The quantitative estimate of drug-likeness (QED) is 0.455. The molecule has 0 spiro atoms. The van der Waals surface area contributed by atoms with Crippen LogP contribution >= 0.6 is 11.8 Å². The topological polar surface area (TPSA) is 99.3 Å². The molecular weight excluding hydrogens is 380 g/mol.